The number of hydrogen-bond acceptors (Lipinski definition) is 3. The number of aromatic nitrogens is 2. The van der Waals surface area contributed by atoms with E-state index in [0.717, 1.165) is 30.7 Å². The first-order valence-electron chi connectivity index (χ1n) is 8.14. The molecule has 1 aromatic carbocycles. The highest BCUT2D eigenvalue weighted by Crippen LogP contribution is 2.33. The molecule has 1 fully saturated rings. The lowest BCUT2D eigenvalue weighted by Crippen LogP contribution is -2.44. The second-order valence-corrected chi connectivity index (χ2v) is 6.71. The molecular formula is C17H19Cl2FN4O. The minimum absolute atomic E-state index is 0. The van der Waals surface area contributed by atoms with E-state index in [0.29, 0.717) is 17.1 Å². The molecule has 0 radical (unpaired) electrons. The van der Waals surface area contributed by atoms with E-state index in [1.807, 2.05) is 0 Å². The molecule has 8 heteroatoms. The smallest absolute Gasteiger partial charge is 0.246 e. The number of nitrogens with one attached hydrogen (secondary N) is 2. The Morgan fingerprint density at radius 1 is 1.40 bits per heavy atom. The summed E-state index contributed by atoms with van der Waals surface area (Å²) in [5.74, 6) is -0.442. The summed E-state index contributed by atoms with van der Waals surface area (Å²) < 4.78 is 14.1. The molecule has 25 heavy (non-hydrogen) atoms. The highest BCUT2D eigenvalue weighted by molar-refractivity contribution is 6.31. The van der Waals surface area contributed by atoms with E-state index < -0.39 is 6.04 Å². The van der Waals surface area contributed by atoms with Crippen LogP contribution in [0.3, 0.4) is 0 Å². The first-order chi connectivity index (χ1) is 11.6. The maximum Gasteiger partial charge on any atom is 0.246 e. The van der Waals surface area contributed by atoms with Gasteiger partial charge in [0, 0.05) is 35.3 Å². The van der Waals surface area contributed by atoms with Crippen LogP contribution in [0.2, 0.25) is 5.02 Å². The van der Waals surface area contributed by atoms with Crippen LogP contribution in [0.5, 0.6) is 0 Å². The van der Waals surface area contributed by atoms with Crippen LogP contribution in [0.25, 0.3) is 0 Å². The number of carbonyl (C=O) groups excluding carboxylic acids is 1. The van der Waals surface area contributed by atoms with Crippen molar-refractivity contribution in [2.75, 3.05) is 6.54 Å². The third kappa shape index (κ3) is 3.52. The fraction of sp³-hybridized carbons (Fsp3) is 0.412. The van der Waals surface area contributed by atoms with Crippen molar-refractivity contribution in [2.45, 2.75) is 37.9 Å². The van der Waals surface area contributed by atoms with Crippen LogP contribution in [0, 0.1) is 5.82 Å². The lowest BCUT2D eigenvalue weighted by molar-refractivity contribution is -0.135. The van der Waals surface area contributed by atoms with Crippen LogP contribution in [-0.2, 0) is 17.8 Å². The number of benzene rings is 1. The predicted molar refractivity (Wildman–Crippen MR) is 95.3 cm³/mol. The number of amides is 1. The molecule has 1 saturated carbocycles. The van der Waals surface area contributed by atoms with E-state index in [1.165, 1.54) is 6.07 Å². The quantitative estimate of drug-likeness (QED) is 0.851. The summed E-state index contributed by atoms with van der Waals surface area (Å²) in [4.78, 5) is 22.2. The van der Waals surface area contributed by atoms with Crippen molar-refractivity contribution < 1.29 is 9.18 Å². The van der Waals surface area contributed by atoms with Gasteiger partial charge in [-0.1, -0.05) is 17.7 Å². The molecule has 2 N–H and O–H groups in total. The molecule has 0 bridgehead atoms. The van der Waals surface area contributed by atoms with Gasteiger partial charge in [0.2, 0.25) is 5.91 Å². The summed E-state index contributed by atoms with van der Waals surface area (Å²) in [6.07, 6.45) is 4.32. The third-order valence-electron chi connectivity index (χ3n) is 4.66. The third-order valence-corrected chi connectivity index (χ3v) is 5.01. The second kappa shape index (κ2) is 7.32. The normalized spacial score (nSPS) is 19.0. The first-order valence-corrected chi connectivity index (χ1v) is 8.52. The first kappa shape index (κ1) is 18.2. The molecule has 5 nitrogen and oxygen atoms in total. The van der Waals surface area contributed by atoms with E-state index in [4.69, 9.17) is 11.6 Å². The zero-order valence-electron chi connectivity index (χ0n) is 13.5. The zero-order valence-corrected chi connectivity index (χ0v) is 15.0. The summed E-state index contributed by atoms with van der Waals surface area (Å²) >= 11 is 6.14. The zero-order chi connectivity index (χ0) is 16.7. The lowest BCUT2D eigenvalue weighted by atomic mass is 10.0. The largest absolute Gasteiger partial charge is 0.348 e. The fourth-order valence-electron chi connectivity index (χ4n) is 3.22. The Morgan fingerprint density at radius 2 is 2.20 bits per heavy atom. The minimum Gasteiger partial charge on any atom is -0.348 e. The van der Waals surface area contributed by atoms with Gasteiger partial charge in [0.1, 0.15) is 11.9 Å². The topological polar surface area (TPSA) is 61.0 Å². The highest BCUT2D eigenvalue weighted by Gasteiger charge is 2.39. The van der Waals surface area contributed by atoms with E-state index in [9.17, 15) is 9.18 Å². The van der Waals surface area contributed by atoms with E-state index in [1.54, 1.807) is 23.4 Å². The number of H-pyrrole nitrogens is 1. The number of hydrogen-bond donors (Lipinski definition) is 2. The fourth-order valence-corrected chi connectivity index (χ4v) is 3.44. The van der Waals surface area contributed by atoms with Gasteiger partial charge in [0.15, 0.2) is 0 Å². The number of rotatable bonds is 4. The summed E-state index contributed by atoms with van der Waals surface area (Å²) in [5, 5.41) is 3.59. The SMILES string of the molecule is Cl.O=C(C1NCCc2[nH]cnc21)N(Cc1c(F)cccc1Cl)C1CC1. The molecule has 1 aliphatic heterocycles. The monoisotopic (exact) mass is 384 g/mol. The van der Waals surface area contributed by atoms with Crippen molar-refractivity contribution in [1.82, 2.24) is 20.2 Å². The van der Waals surface area contributed by atoms with E-state index in [-0.39, 0.29) is 36.7 Å². The molecule has 2 heterocycles. The van der Waals surface area contributed by atoms with Gasteiger partial charge >= 0.3 is 0 Å². The number of aromatic amines is 1. The standard InChI is InChI=1S/C17H18ClFN4O.ClH/c18-12-2-1-3-13(19)11(12)8-23(10-4-5-10)17(24)16-15-14(6-7-20-16)21-9-22-15;/h1-3,9-10,16,20H,4-8H2,(H,21,22);1H. The van der Waals surface area contributed by atoms with Gasteiger partial charge < -0.3 is 15.2 Å². The van der Waals surface area contributed by atoms with Gasteiger partial charge in [-0.2, -0.15) is 0 Å². The Labute approximate surface area is 156 Å². The van der Waals surface area contributed by atoms with Crippen molar-refractivity contribution >= 4 is 29.9 Å². The van der Waals surface area contributed by atoms with Crippen molar-refractivity contribution in [3.8, 4) is 0 Å². The van der Waals surface area contributed by atoms with E-state index >= 15 is 0 Å². The number of fused-ring (bicyclic) bond motifs is 1. The minimum atomic E-state index is -0.480. The average Bonchev–Trinajstić information content (AvgIpc) is 3.29. The van der Waals surface area contributed by atoms with Gasteiger partial charge in [-0.15, -0.1) is 12.4 Å². The molecule has 1 aromatic heterocycles. The molecule has 2 aliphatic rings. The second-order valence-electron chi connectivity index (χ2n) is 6.30. The molecule has 0 spiro atoms. The molecule has 1 atom stereocenters. The van der Waals surface area contributed by atoms with Crippen LogP contribution in [0.1, 0.15) is 35.8 Å². The molecule has 1 amide bonds. The predicted octanol–water partition coefficient (Wildman–Crippen LogP) is 3.00. The van der Waals surface area contributed by atoms with Crippen molar-refractivity contribution in [2.24, 2.45) is 0 Å². The lowest BCUT2D eigenvalue weighted by Gasteiger charge is -2.30. The van der Waals surface area contributed by atoms with Gasteiger partial charge in [-0.05, 0) is 25.0 Å². The number of imidazole rings is 1. The average molecular weight is 385 g/mol. The summed E-state index contributed by atoms with van der Waals surface area (Å²) in [6, 6.07) is 4.27. The van der Waals surface area contributed by atoms with Gasteiger partial charge in [0.25, 0.3) is 0 Å². The Bertz CT molecular complexity index is 758. The number of carbonyl (C=O) groups is 1. The van der Waals surface area contributed by atoms with Crippen molar-refractivity contribution in [3.63, 3.8) is 0 Å². The van der Waals surface area contributed by atoms with Gasteiger partial charge in [-0.25, -0.2) is 9.37 Å². The molecule has 134 valence electrons. The van der Waals surface area contributed by atoms with Crippen molar-refractivity contribution in [1.29, 1.82) is 0 Å². The maximum absolute atomic E-state index is 14.1. The van der Waals surface area contributed by atoms with Crippen LogP contribution < -0.4 is 5.32 Å². The van der Waals surface area contributed by atoms with Gasteiger partial charge in [0.05, 0.1) is 18.6 Å². The molecule has 4 rings (SSSR count). The summed E-state index contributed by atoms with van der Waals surface area (Å²) in [5.41, 5.74) is 2.11. The summed E-state index contributed by atoms with van der Waals surface area (Å²) in [7, 11) is 0. The number of nitrogens with zero attached hydrogens (tertiary/aromatic N) is 2. The van der Waals surface area contributed by atoms with Crippen LogP contribution in [-0.4, -0.2) is 33.4 Å². The van der Waals surface area contributed by atoms with Crippen molar-refractivity contribution in [3.05, 3.63) is 52.3 Å². The number of halogens is 3. The maximum atomic E-state index is 14.1. The Balaban J connectivity index is 0.00000182. The highest BCUT2D eigenvalue weighted by atomic mass is 35.5. The van der Waals surface area contributed by atoms with Gasteiger partial charge in [-0.3, -0.25) is 4.79 Å². The Kier molecular flexibility index (Phi) is 5.32. The van der Waals surface area contributed by atoms with E-state index in [2.05, 4.69) is 15.3 Å². The van der Waals surface area contributed by atoms with Crippen LogP contribution in [0.4, 0.5) is 4.39 Å². The van der Waals surface area contributed by atoms with Crippen LogP contribution >= 0.6 is 24.0 Å². The molecular weight excluding hydrogens is 366 g/mol. The Hall–Kier alpha value is -1.63. The molecule has 1 unspecified atom stereocenters. The molecule has 0 saturated heterocycles. The summed E-state index contributed by atoms with van der Waals surface area (Å²) in [6.45, 7) is 0.900. The van der Waals surface area contributed by atoms with Crippen LogP contribution in [0.15, 0.2) is 24.5 Å². The Morgan fingerprint density at radius 3 is 2.92 bits per heavy atom. The molecule has 2 aromatic rings. The molecule has 1 aliphatic carbocycles.